The van der Waals surface area contributed by atoms with Gasteiger partial charge >= 0.3 is 11.9 Å². The van der Waals surface area contributed by atoms with Gasteiger partial charge in [-0.1, -0.05) is 30.3 Å². The molecule has 0 saturated heterocycles. The molecule has 132 valence electrons. The van der Waals surface area contributed by atoms with Crippen LogP contribution in [0.2, 0.25) is 0 Å². The molecule has 1 amide bonds. The number of carbonyl (C=O) groups excluding carboxylic acids is 3. The summed E-state index contributed by atoms with van der Waals surface area (Å²) in [6.07, 6.45) is 0.500. The lowest BCUT2D eigenvalue weighted by atomic mass is 9.87. The predicted octanol–water partition coefficient (Wildman–Crippen LogP) is 2.01. The molecule has 0 radical (unpaired) electrons. The number of carbonyl (C=O) groups is 3. The molecule has 0 bridgehead atoms. The van der Waals surface area contributed by atoms with E-state index >= 15 is 0 Å². The van der Waals surface area contributed by atoms with Crippen LogP contribution in [0, 0.1) is 0 Å². The maximum absolute atomic E-state index is 12.5. The predicted molar refractivity (Wildman–Crippen MR) is 89.2 cm³/mol. The fraction of sp³-hybridized carbons (Fsp3) is 0.500. The molecular weight excluding hydrogens is 310 g/mol. The number of amides is 1. The highest BCUT2D eigenvalue weighted by Crippen LogP contribution is 2.22. The highest BCUT2D eigenvalue weighted by molar-refractivity contribution is 5.91. The zero-order valence-corrected chi connectivity index (χ0v) is 14.5. The number of esters is 2. The second kappa shape index (κ2) is 9.70. The molecule has 0 aliphatic heterocycles. The van der Waals surface area contributed by atoms with Crippen LogP contribution in [0.5, 0.6) is 0 Å². The maximum atomic E-state index is 12.5. The highest BCUT2D eigenvalue weighted by atomic mass is 16.5. The van der Waals surface area contributed by atoms with E-state index < -0.39 is 23.4 Å². The number of hydrogen-bond donors (Lipinski definition) is 1. The summed E-state index contributed by atoms with van der Waals surface area (Å²) < 4.78 is 10.1. The van der Waals surface area contributed by atoms with Crippen molar-refractivity contribution in [3.8, 4) is 0 Å². The van der Waals surface area contributed by atoms with Crippen LogP contribution in [-0.4, -0.2) is 36.6 Å². The molecule has 0 aromatic heterocycles. The van der Waals surface area contributed by atoms with E-state index in [0.29, 0.717) is 6.42 Å². The lowest BCUT2D eigenvalue weighted by Crippen LogP contribution is -2.56. The van der Waals surface area contributed by atoms with E-state index in [1.165, 1.54) is 6.92 Å². The lowest BCUT2D eigenvalue weighted by molar-refractivity contribution is -0.159. The van der Waals surface area contributed by atoms with Gasteiger partial charge in [-0.15, -0.1) is 0 Å². The molecule has 0 heterocycles. The Morgan fingerprint density at radius 1 is 1.04 bits per heavy atom. The smallest absolute Gasteiger partial charge is 0.332 e. The number of rotatable bonds is 9. The molecule has 0 aliphatic carbocycles. The van der Waals surface area contributed by atoms with Crippen molar-refractivity contribution in [1.82, 2.24) is 5.32 Å². The SMILES string of the molecule is CCOC(=O)CC(CCc1ccccc1)(NC(C)=O)C(=O)OCC. The Morgan fingerprint density at radius 2 is 1.67 bits per heavy atom. The van der Waals surface area contributed by atoms with Gasteiger partial charge in [0.15, 0.2) is 0 Å². The largest absolute Gasteiger partial charge is 0.466 e. The second-order valence-corrected chi connectivity index (χ2v) is 5.45. The standard InChI is InChI=1S/C18H25NO5/c1-4-23-16(21)13-18(19-14(3)20,17(22)24-5-2)12-11-15-9-7-6-8-10-15/h6-10H,4-5,11-13H2,1-3H3,(H,19,20). The number of ether oxygens (including phenoxy) is 2. The van der Waals surface area contributed by atoms with Crippen LogP contribution >= 0.6 is 0 Å². The maximum Gasteiger partial charge on any atom is 0.332 e. The summed E-state index contributed by atoms with van der Waals surface area (Å²) in [6.45, 7) is 5.04. The average molecular weight is 335 g/mol. The summed E-state index contributed by atoms with van der Waals surface area (Å²) in [7, 11) is 0. The number of benzene rings is 1. The van der Waals surface area contributed by atoms with Crippen LogP contribution in [0.3, 0.4) is 0 Å². The van der Waals surface area contributed by atoms with E-state index in [0.717, 1.165) is 5.56 Å². The van der Waals surface area contributed by atoms with E-state index in [9.17, 15) is 14.4 Å². The van der Waals surface area contributed by atoms with Gasteiger partial charge in [-0.05, 0) is 32.3 Å². The highest BCUT2D eigenvalue weighted by Gasteiger charge is 2.43. The Kier molecular flexibility index (Phi) is 7.95. The molecule has 1 aromatic carbocycles. The minimum absolute atomic E-state index is 0.161. The van der Waals surface area contributed by atoms with Gasteiger partial charge in [0.05, 0.1) is 19.6 Å². The molecule has 1 rings (SSSR count). The third-order valence-electron chi connectivity index (χ3n) is 3.52. The first kappa shape index (κ1) is 19.7. The zero-order chi connectivity index (χ0) is 18.0. The van der Waals surface area contributed by atoms with E-state index in [4.69, 9.17) is 9.47 Å². The molecule has 1 aromatic rings. The molecule has 0 saturated carbocycles. The number of nitrogens with one attached hydrogen (secondary N) is 1. The summed E-state index contributed by atoms with van der Waals surface area (Å²) in [6, 6.07) is 9.53. The quantitative estimate of drug-likeness (QED) is 0.698. The van der Waals surface area contributed by atoms with Gasteiger partial charge in [0.2, 0.25) is 5.91 Å². The van der Waals surface area contributed by atoms with Crippen molar-refractivity contribution in [3.63, 3.8) is 0 Å². The van der Waals surface area contributed by atoms with Crippen molar-refractivity contribution >= 4 is 17.8 Å². The molecule has 0 fully saturated rings. The molecule has 1 atom stereocenters. The molecule has 0 spiro atoms. The average Bonchev–Trinajstić information content (AvgIpc) is 2.53. The summed E-state index contributed by atoms with van der Waals surface area (Å²) in [5.74, 6) is -1.57. The third kappa shape index (κ3) is 6.02. The first-order chi connectivity index (χ1) is 11.4. The van der Waals surface area contributed by atoms with E-state index in [1.807, 2.05) is 30.3 Å². The molecule has 6 heteroatoms. The van der Waals surface area contributed by atoms with E-state index in [1.54, 1.807) is 13.8 Å². The fourth-order valence-electron chi connectivity index (χ4n) is 2.49. The van der Waals surface area contributed by atoms with Crippen molar-refractivity contribution in [2.24, 2.45) is 0 Å². The van der Waals surface area contributed by atoms with Crippen LogP contribution in [0.4, 0.5) is 0 Å². The molecule has 1 unspecified atom stereocenters. The van der Waals surface area contributed by atoms with Crippen molar-refractivity contribution in [1.29, 1.82) is 0 Å². The van der Waals surface area contributed by atoms with Crippen LogP contribution in [0.15, 0.2) is 30.3 Å². The topological polar surface area (TPSA) is 81.7 Å². The Labute approximate surface area is 142 Å². The first-order valence-electron chi connectivity index (χ1n) is 8.09. The van der Waals surface area contributed by atoms with Gasteiger partial charge in [-0.25, -0.2) is 4.79 Å². The Hall–Kier alpha value is -2.37. The molecule has 6 nitrogen and oxygen atoms in total. The molecular formula is C18H25NO5. The summed E-state index contributed by atoms with van der Waals surface area (Å²) in [4.78, 5) is 36.1. The van der Waals surface area contributed by atoms with E-state index in [2.05, 4.69) is 5.32 Å². The first-order valence-corrected chi connectivity index (χ1v) is 8.09. The van der Waals surface area contributed by atoms with Crippen LogP contribution in [-0.2, 0) is 30.3 Å². The summed E-state index contributed by atoms with van der Waals surface area (Å²) in [5.41, 5.74) is -0.426. The molecule has 0 aliphatic rings. The molecule has 24 heavy (non-hydrogen) atoms. The minimum atomic E-state index is -1.43. The van der Waals surface area contributed by atoms with E-state index in [-0.39, 0.29) is 26.1 Å². The van der Waals surface area contributed by atoms with Crippen molar-refractivity contribution in [3.05, 3.63) is 35.9 Å². The van der Waals surface area contributed by atoms with Gasteiger partial charge in [0.25, 0.3) is 0 Å². The fourth-order valence-corrected chi connectivity index (χ4v) is 2.49. The monoisotopic (exact) mass is 335 g/mol. The minimum Gasteiger partial charge on any atom is -0.466 e. The normalized spacial score (nSPS) is 12.8. The van der Waals surface area contributed by atoms with Gasteiger partial charge in [-0.3, -0.25) is 9.59 Å². The molecule has 1 N–H and O–H groups in total. The van der Waals surface area contributed by atoms with Gasteiger partial charge in [-0.2, -0.15) is 0 Å². The summed E-state index contributed by atoms with van der Waals surface area (Å²) >= 11 is 0. The van der Waals surface area contributed by atoms with Crippen LogP contribution < -0.4 is 5.32 Å². The Bertz CT molecular complexity index is 558. The van der Waals surface area contributed by atoms with Crippen molar-refractivity contribution in [2.45, 2.75) is 45.6 Å². The number of hydrogen-bond acceptors (Lipinski definition) is 5. The van der Waals surface area contributed by atoms with Gasteiger partial charge in [0.1, 0.15) is 5.54 Å². The van der Waals surface area contributed by atoms with Crippen LogP contribution in [0.1, 0.15) is 39.2 Å². The van der Waals surface area contributed by atoms with Crippen LogP contribution in [0.25, 0.3) is 0 Å². The zero-order valence-electron chi connectivity index (χ0n) is 14.5. The van der Waals surface area contributed by atoms with Gasteiger partial charge in [0, 0.05) is 6.92 Å². The second-order valence-electron chi connectivity index (χ2n) is 5.45. The third-order valence-corrected chi connectivity index (χ3v) is 3.52. The Morgan fingerprint density at radius 3 is 2.21 bits per heavy atom. The Balaban J connectivity index is 3.05. The summed E-state index contributed by atoms with van der Waals surface area (Å²) in [5, 5.41) is 2.62. The lowest BCUT2D eigenvalue weighted by Gasteiger charge is -2.31. The number of aryl methyl sites for hydroxylation is 1. The van der Waals surface area contributed by atoms with Crippen molar-refractivity contribution in [2.75, 3.05) is 13.2 Å². The van der Waals surface area contributed by atoms with Gasteiger partial charge < -0.3 is 14.8 Å². The van der Waals surface area contributed by atoms with Crippen molar-refractivity contribution < 1.29 is 23.9 Å².